The van der Waals surface area contributed by atoms with Crippen LogP contribution < -0.4 is 9.64 Å². The first-order valence-corrected chi connectivity index (χ1v) is 16.5. The van der Waals surface area contributed by atoms with Gasteiger partial charge in [0.05, 0.1) is 42.4 Å². The fourth-order valence-corrected chi connectivity index (χ4v) is 8.67. The number of rotatable bonds is 8. The molecule has 0 spiro atoms. The van der Waals surface area contributed by atoms with Gasteiger partial charge < -0.3 is 14.9 Å². The molecule has 2 aliphatic heterocycles. The summed E-state index contributed by atoms with van der Waals surface area (Å²) in [6.07, 6.45) is 5.62. The van der Waals surface area contributed by atoms with Crippen molar-refractivity contribution in [2.24, 2.45) is 29.6 Å². The molecule has 250 valence electrons. The predicted molar refractivity (Wildman–Crippen MR) is 179 cm³/mol. The zero-order valence-electron chi connectivity index (χ0n) is 26.5. The lowest BCUT2D eigenvalue weighted by Crippen LogP contribution is -2.54. The number of likely N-dealkylation sites (tertiary alicyclic amines) is 1. The Hall–Kier alpha value is -5.22. The van der Waals surface area contributed by atoms with Gasteiger partial charge in [-0.15, -0.1) is 0 Å². The van der Waals surface area contributed by atoms with E-state index < -0.39 is 64.6 Å². The van der Waals surface area contributed by atoms with Gasteiger partial charge in [0.1, 0.15) is 0 Å². The number of methoxy groups -OCH3 is 1. The number of carbonyl (C=O) groups is 5. The number of hydrogen-bond acceptors (Lipinski definition) is 7. The standard InChI is InChI=1S/C38H33ClN2O8/c1-49-31-18-21(11-15-30(31)42)10-14-28-25-12-13-26-33(36(47)40(34(26)45)17-16-32(43)44)27(25)20-29-35(46)41(24-9-5-8-23(39)19-24)37(48)38(28,29)22-6-3-2-4-7-22/h2-12,14-15,18-19,26-29,33,42H,13,16-17,20H2,1H3,(H,43,44)/t26-,27+,28-,29-,33-,38-/m0/s1. The van der Waals surface area contributed by atoms with E-state index in [9.17, 15) is 29.4 Å². The van der Waals surface area contributed by atoms with Crippen molar-refractivity contribution in [1.82, 2.24) is 4.90 Å². The summed E-state index contributed by atoms with van der Waals surface area (Å²) in [4.78, 5) is 70.9. The van der Waals surface area contributed by atoms with Crippen LogP contribution in [0.2, 0.25) is 5.02 Å². The van der Waals surface area contributed by atoms with Crippen LogP contribution in [0.15, 0.2) is 90.5 Å². The molecule has 2 aliphatic carbocycles. The molecule has 0 bridgehead atoms. The average molecular weight is 681 g/mol. The van der Waals surface area contributed by atoms with E-state index in [4.69, 9.17) is 16.3 Å². The number of hydrogen-bond donors (Lipinski definition) is 2. The van der Waals surface area contributed by atoms with E-state index in [0.29, 0.717) is 21.8 Å². The molecule has 2 saturated heterocycles. The molecule has 49 heavy (non-hydrogen) atoms. The summed E-state index contributed by atoms with van der Waals surface area (Å²) >= 11 is 6.35. The third kappa shape index (κ3) is 5.04. The molecule has 4 amide bonds. The molecule has 4 aliphatic rings. The van der Waals surface area contributed by atoms with Gasteiger partial charge in [0.25, 0.3) is 0 Å². The van der Waals surface area contributed by atoms with Crippen LogP contribution in [0.4, 0.5) is 5.69 Å². The van der Waals surface area contributed by atoms with E-state index in [-0.39, 0.29) is 37.3 Å². The first-order valence-electron chi connectivity index (χ1n) is 16.1. The maximum absolute atomic E-state index is 15.1. The zero-order valence-corrected chi connectivity index (χ0v) is 27.2. The number of anilines is 1. The molecule has 7 rings (SSSR count). The zero-order chi connectivity index (χ0) is 34.6. The number of carbonyl (C=O) groups excluding carboxylic acids is 4. The second-order valence-electron chi connectivity index (χ2n) is 12.9. The molecule has 6 atom stereocenters. The summed E-state index contributed by atoms with van der Waals surface area (Å²) in [7, 11) is 1.44. The number of carboxylic acids is 1. The number of imide groups is 2. The molecule has 2 N–H and O–H groups in total. The van der Waals surface area contributed by atoms with Gasteiger partial charge in [-0.2, -0.15) is 0 Å². The Morgan fingerprint density at radius 1 is 0.980 bits per heavy atom. The van der Waals surface area contributed by atoms with Crippen molar-refractivity contribution in [3.05, 3.63) is 107 Å². The number of halogens is 1. The number of fused-ring (bicyclic) bond motifs is 4. The van der Waals surface area contributed by atoms with Crippen molar-refractivity contribution in [1.29, 1.82) is 0 Å². The molecule has 0 aromatic heterocycles. The highest BCUT2D eigenvalue weighted by Gasteiger charge is 2.69. The van der Waals surface area contributed by atoms with Gasteiger partial charge in [0.15, 0.2) is 11.5 Å². The quantitative estimate of drug-likeness (QED) is 0.243. The van der Waals surface area contributed by atoms with Crippen LogP contribution in [0.5, 0.6) is 11.5 Å². The summed E-state index contributed by atoms with van der Waals surface area (Å²) in [5, 5.41) is 19.9. The fourth-order valence-electron chi connectivity index (χ4n) is 8.49. The Morgan fingerprint density at radius 2 is 1.76 bits per heavy atom. The fraction of sp³-hybridized carbons (Fsp3) is 0.289. The molecule has 1 saturated carbocycles. The van der Waals surface area contributed by atoms with Crippen LogP contribution in [0.3, 0.4) is 0 Å². The molecule has 3 aromatic rings. The smallest absolute Gasteiger partial charge is 0.305 e. The van der Waals surface area contributed by atoms with E-state index in [0.717, 1.165) is 10.5 Å². The van der Waals surface area contributed by atoms with Crippen molar-refractivity contribution < 1.29 is 38.9 Å². The van der Waals surface area contributed by atoms with E-state index in [1.807, 2.05) is 48.6 Å². The predicted octanol–water partition coefficient (Wildman–Crippen LogP) is 5.24. The van der Waals surface area contributed by atoms with Crippen LogP contribution in [-0.4, -0.2) is 58.4 Å². The lowest BCUT2D eigenvalue weighted by atomic mass is 9.50. The largest absolute Gasteiger partial charge is 0.504 e. The number of phenols is 1. The highest BCUT2D eigenvalue weighted by Crippen LogP contribution is 2.62. The van der Waals surface area contributed by atoms with Crippen LogP contribution >= 0.6 is 11.6 Å². The Labute approximate surface area is 287 Å². The molecule has 10 nitrogen and oxygen atoms in total. The number of phenolic OH excluding ortho intramolecular Hbond substituents is 1. The monoisotopic (exact) mass is 680 g/mol. The minimum absolute atomic E-state index is 0.0372. The molecule has 11 heteroatoms. The Balaban J connectivity index is 1.42. The van der Waals surface area contributed by atoms with Crippen molar-refractivity contribution in [2.45, 2.75) is 24.7 Å². The number of allylic oxidation sites excluding steroid dienone is 3. The lowest BCUT2D eigenvalue weighted by Gasteiger charge is -2.49. The summed E-state index contributed by atoms with van der Waals surface area (Å²) in [5.41, 5.74) is 1.00. The van der Waals surface area contributed by atoms with Gasteiger partial charge in [0.2, 0.25) is 23.6 Å². The maximum Gasteiger partial charge on any atom is 0.305 e. The van der Waals surface area contributed by atoms with Gasteiger partial charge in [-0.25, -0.2) is 4.90 Å². The van der Waals surface area contributed by atoms with Crippen LogP contribution in [0, 0.1) is 29.6 Å². The van der Waals surface area contributed by atoms with E-state index in [2.05, 4.69) is 0 Å². The Kier molecular flexibility index (Phi) is 8.15. The number of amides is 4. The highest BCUT2D eigenvalue weighted by molar-refractivity contribution is 6.32. The van der Waals surface area contributed by atoms with E-state index >= 15 is 4.79 Å². The van der Waals surface area contributed by atoms with Crippen LogP contribution in [0.25, 0.3) is 6.08 Å². The summed E-state index contributed by atoms with van der Waals surface area (Å²) in [6.45, 7) is -0.231. The number of aliphatic carboxylic acids is 1. The third-order valence-electron chi connectivity index (χ3n) is 10.6. The van der Waals surface area contributed by atoms with E-state index in [1.165, 1.54) is 18.1 Å². The van der Waals surface area contributed by atoms with Crippen molar-refractivity contribution >= 4 is 53.0 Å². The van der Waals surface area contributed by atoms with Gasteiger partial charge in [-0.1, -0.05) is 77.9 Å². The Bertz CT molecular complexity index is 1960. The maximum atomic E-state index is 15.1. The normalized spacial score (nSPS) is 27.6. The molecule has 0 unspecified atom stereocenters. The average Bonchev–Trinajstić information content (AvgIpc) is 3.48. The van der Waals surface area contributed by atoms with Gasteiger partial charge in [-0.05, 0) is 60.2 Å². The summed E-state index contributed by atoms with van der Waals surface area (Å²) in [5.74, 6) is -6.31. The van der Waals surface area contributed by atoms with Gasteiger partial charge >= 0.3 is 5.97 Å². The summed E-state index contributed by atoms with van der Waals surface area (Å²) in [6, 6.07) is 20.6. The van der Waals surface area contributed by atoms with Crippen molar-refractivity contribution in [2.75, 3.05) is 18.6 Å². The number of nitrogens with zero attached hydrogens (tertiary/aromatic N) is 2. The molecular formula is C38H33ClN2O8. The number of aromatic hydroxyl groups is 1. The third-order valence-corrected chi connectivity index (χ3v) is 10.8. The minimum Gasteiger partial charge on any atom is -0.504 e. The molecule has 0 radical (unpaired) electrons. The van der Waals surface area contributed by atoms with E-state index in [1.54, 1.807) is 36.4 Å². The highest BCUT2D eigenvalue weighted by atomic mass is 35.5. The van der Waals surface area contributed by atoms with Crippen LogP contribution in [-0.2, 0) is 29.4 Å². The summed E-state index contributed by atoms with van der Waals surface area (Å²) < 4.78 is 5.32. The topological polar surface area (TPSA) is 142 Å². The van der Waals surface area contributed by atoms with Crippen molar-refractivity contribution in [3.8, 4) is 11.5 Å². The van der Waals surface area contributed by atoms with Crippen molar-refractivity contribution in [3.63, 3.8) is 0 Å². The molecule has 3 aromatic carbocycles. The molecular weight excluding hydrogens is 648 g/mol. The number of benzene rings is 3. The number of carboxylic acid groups (broad SMARTS) is 1. The number of ether oxygens (including phenoxy) is 1. The van der Waals surface area contributed by atoms with Gasteiger partial charge in [0, 0.05) is 17.5 Å². The second kappa shape index (κ2) is 12.3. The lowest BCUT2D eigenvalue weighted by molar-refractivity contribution is -0.142. The molecule has 2 heterocycles. The first kappa shape index (κ1) is 32.3. The minimum atomic E-state index is -1.41. The Morgan fingerprint density at radius 3 is 2.47 bits per heavy atom. The van der Waals surface area contributed by atoms with Gasteiger partial charge in [-0.3, -0.25) is 28.9 Å². The molecule has 3 fully saturated rings. The SMILES string of the molecule is COc1cc(C=C[C@H]2C3=CC[C@@H]4C(=O)N(CCC(=O)O)C(=O)[C@@H]4[C@@H]3C[C@H]3C(=O)N(c4cccc(Cl)c4)C(=O)[C@@]23c2ccccc2)ccc1O. The van der Waals surface area contributed by atoms with Crippen LogP contribution in [0.1, 0.15) is 30.4 Å². The second-order valence-corrected chi connectivity index (χ2v) is 13.3. The first-order chi connectivity index (χ1) is 23.6.